The van der Waals surface area contributed by atoms with E-state index in [0.29, 0.717) is 17.4 Å². The summed E-state index contributed by atoms with van der Waals surface area (Å²) < 4.78 is 0.530. The van der Waals surface area contributed by atoms with Crippen LogP contribution in [-0.2, 0) is 4.79 Å². The largest absolute Gasteiger partial charge is 0.480 e. The molecule has 18 heavy (non-hydrogen) atoms. The minimum Gasteiger partial charge on any atom is -0.480 e. The third-order valence-electron chi connectivity index (χ3n) is 2.56. The van der Waals surface area contributed by atoms with Crippen LogP contribution in [0.4, 0.5) is 0 Å². The number of carboxylic acid groups (broad SMARTS) is 1. The van der Waals surface area contributed by atoms with Gasteiger partial charge in [0.15, 0.2) is 0 Å². The third kappa shape index (κ3) is 3.53. The molecule has 1 amide bonds. The summed E-state index contributed by atoms with van der Waals surface area (Å²) in [6.07, 6.45) is 1.02. The molecular formula is C12H15BrN2O3. The number of nitrogens with zero attached hydrogens (tertiary/aromatic N) is 1. The second-order valence-corrected chi connectivity index (χ2v) is 5.00. The number of hydrogen-bond acceptors (Lipinski definition) is 3. The van der Waals surface area contributed by atoms with Crippen LogP contribution in [0.25, 0.3) is 0 Å². The van der Waals surface area contributed by atoms with E-state index in [1.54, 1.807) is 12.1 Å². The molecule has 0 aliphatic rings. The summed E-state index contributed by atoms with van der Waals surface area (Å²) in [4.78, 5) is 27.1. The number of halogens is 1. The van der Waals surface area contributed by atoms with E-state index in [-0.39, 0.29) is 5.69 Å². The Morgan fingerprint density at radius 3 is 2.67 bits per heavy atom. The first-order valence-electron chi connectivity index (χ1n) is 5.57. The van der Waals surface area contributed by atoms with Crippen molar-refractivity contribution < 1.29 is 14.7 Å². The van der Waals surface area contributed by atoms with E-state index in [2.05, 4.69) is 26.2 Å². The van der Waals surface area contributed by atoms with Crippen molar-refractivity contribution in [3.8, 4) is 0 Å². The standard InChI is InChI=1S/C12H15BrN2O3/c1-3-7-12(2,11(17)18)15-10(16)8-5-4-6-9(13)14-8/h4-6H,3,7H2,1-2H3,(H,15,16)(H,17,18). The fraction of sp³-hybridized carbons (Fsp3) is 0.417. The average molecular weight is 315 g/mol. The smallest absolute Gasteiger partial charge is 0.329 e. The minimum atomic E-state index is -1.27. The molecule has 1 rings (SSSR count). The molecule has 0 aliphatic carbocycles. The Morgan fingerprint density at radius 2 is 2.17 bits per heavy atom. The van der Waals surface area contributed by atoms with Crippen LogP contribution in [0.1, 0.15) is 37.2 Å². The Hall–Kier alpha value is -1.43. The number of nitrogens with one attached hydrogen (secondary N) is 1. The fourth-order valence-electron chi connectivity index (χ4n) is 1.57. The van der Waals surface area contributed by atoms with Crippen LogP contribution in [0.2, 0.25) is 0 Å². The lowest BCUT2D eigenvalue weighted by atomic mass is 9.96. The molecule has 0 saturated heterocycles. The molecule has 1 unspecified atom stereocenters. The van der Waals surface area contributed by atoms with Crippen LogP contribution in [-0.4, -0.2) is 27.5 Å². The lowest BCUT2D eigenvalue weighted by Crippen LogP contribution is -2.52. The SMILES string of the molecule is CCCC(C)(NC(=O)c1cccc(Br)n1)C(=O)O. The van der Waals surface area contributed by atoms with Crippen LogP contribution < -0.4 is 5.32 Å². The van der Waals surface area contributed by atoms with Gasteiger partial charge in [-0.05, 0) is 41.4 Å². The Bertz CT molecular complexity index is 464. The van der Waals surface area contributed by atoms with Crippen molar-refractivity contribution in [2.75, 3.05) is 0 Å². The fourth-order valence-corrected chi connectivity index (χ4v) is 1.92. The molecule has 0 aliphatic heterocycles. The summed E-state index contributed by atoms with van der Waals surface area (Å²) in [6, 6.07) is 4.90. The quantitative estimate of drug-likeness (QED) is 0.817. The topological polar surface area (TPSA) is 79.3 Å². The summed E-state index contributed by atoms with van der Waals surface area (Å²) in [5, 5.41) is 11.7. The first-order valence-corrected chi connectivity index (χ1v) is 6.37. The molecule has 0 bridgehead atoms. The molecular weight excluding hydrogens is 300 g/mol. The zero-order chi connectivity index (χ0) is 13.8. The van der Waals surface area contributed by atoms with Gasteiger partial charge in [0.2, 0.25) is 0 Å². The van der Waals surface area contributed by atoms with E-state index in [9.17, 15) is 9.59 Å². The maximum atomic E-state index is 11.9. The highest BCUT2D eigenvalue weighted by molar-refractivity contribution is 9.10. The van der Waals surface area contributed by atoms with Gasteiger partial charge in [0.05, 0.1) is 0 Å². The van der Waals surface area contributed by atoms with Gasteiger partial charge in [-0.15, -0.1) is 0 Å². The molecule has 0 fully saturated rings. The number of carbonyl (C=O) groups excluding carboxylic acids is 1. The Morgan fingerprint density at radius 1 is 1.50 bits per heavy atom. The van der Waals surface area contributed by atoms with Gasteiger partial charge in [0.1, 0.15) is 15.8 Å². The molecule has 2 N–H and O–H groups in total. The van der Waals surface area contributed by atoms with Crippen molar-refractivity contribution in [2.24, 2.45) is 0 Å². The highest BCUT2D eigenvalue weighted by Gasteiger charge is 2.34. The van der Waals surface area contributed by atoms with Gasteiger partial charge < -0.3 is 10.4 Å². The number of amides is 1. The summed E-state index contributed by atoms with van der Waals surface area (Å²) in [7, 11) is 0. The number of carboxylic acids is 1. The summed E-state index contributed by atoms with van der Waals surface area (Å²) in [5.74, 6) is -1.54. The van der Waals surface area contributed by atoms with E-state index in [1.807, 2.05) is 6.92 Å². The van der Waals surface area contributed by atoms with Gasteiger partial charge in [-0.2, -0.15) is 0 Å². The molecule has 1 aromatic rings. The molecule has 1 heterocycles. The van der Waals surface area contributed by atoms with E-state index in [4.69, 9.17) is 5.11 Å². The van der Waals surface area contributed by atoms with E-state index < -0.39 is 17.4 Å². The number of pyridine rings is 1. The van der Waals surface area contributed by atoms with Crippen molar-refractivity contribution in [3.63, 3.8) is 0 Å². The van der Waals surface area contributed by atoms with Crippen molar-refractivity contribution in [1.82, 2.24) is 10.3 Å². The van der Waals surface area contributed by atoms with Crippen molar-refractivity contribution in [1.29, 1.82) is 0 Å². The number of rotatable bonds is 5. The first-order chi connectivity index (χ1) is 8.39. The predicted octanol–water partition coefficient (Wildman–Crippen LogP) is 2.22. The van der Waals surface area contributed by atoms with Gasteiger partial charge in [0, 0.05) is 0 Å². The summed E-state index contributed by atoms with van der Waals surface area (Å²) in [6.45, 7) is 3.36. The first kappa shape index (κ1) is 14.6. The van der Waals surface area contributed by atoms with Gasteiger partial charge in [-0.25, -0.2) is 9.78 Å². The number of carbonyl (C=O) groups is 2. The average Bonchev–Trinajstić information content (AvgIpc) is 2.29. The van der Waals surface area contributed by atoms with Crippen LogP contribution in [0.15, 0.2) is 22.8 Å². The van der Waals surface area contributed by atoms with Crippen molar-refractivity contribution >= 4 is 27.8 Å². The number of aliphatic carboxylic acids is 1. The van der Waals surface area contributed by atoms with E-state index in [1.165, 1.54) is 13.0 Å². The van der Waals surface area contributed by atoms with Crippen molar-refractivity contribution in [2.45, 2.75) is 32.2 Å². The van der Waals surface area contributed by atoms with Gasteiger partial charge >= 0.3 is 5.97 Å². The molecule has 0 aromatic carbocycles. The number of hydrogen-bond donors (Lipinski definition) is 2. The lowest BCUT2D eigenvalue weighted by Gasteiger charge is -2.25. The Labute approximate surface area is 114 Å². The highest BCUT2D eigenvalue weighted by atomic mass is 79.9. The van der Waals surface area contributed by atoms with Crippen LogP contribution in [0.3, 0.4) is 0 Å². The molecule has 0 radical (unpaired) electrons. The Balaban J connectivity index is 2.88. The second kappa shape index (κ2) is 5.95. The molecule has 98 valence electrons. The third-order valence-corrected chi connectivity index (χ3v) is 3.00. The van der Waals surface area contributed by atoms with Gasteiger partial charge in [-0.3, -0.25) is 4.79 Å². The molecule has 0 saturated carbocycles. The summed E-state index contributed by atoms with van der Waals surface area (Å²) in [5.41, 5.74) is -1.08. The van der Waals surface area contributed by atoms with Crippen LogP contribution in [0, 0.1) is 0 Å². The summed E-state index contributed by atoms with van der Waals surface area (Å²) >= 11 is 3.16. The molecule has 6 heteroatoms. The molecule has 5 nitrogen and oxygen atoms in total. The molecule has 1 aromatic heterocycles. The minimum absolute atomic E-state index is 0.188. The zero-order valence-electron chi connectivity index (χ0n) is 10.2. The monoisotopic (exact) mass is 314 g/mol. The van der Waals surface area contributed by atoms with Gasteiger partial charge in [-0.1, -0.05) is 19.4 Å². The number of aromatic nitrogens is 1. The van der Waals surface area contributed by atoms with Crippen LogP contribution in [0.5, 0.6) is 0 Å². The second-order valence-electron chi connectivity index (χ2n) is 4.19. The van der Waals surface area contributed by atoms with Crippen molar-refractivity contribution in [3.05, 3.63) is 28.5 Å². The van der Waals surface area contributed by atoms with E-state index >= 15 is 0 Å². The molecule has 0 spiro atoms. The van der Waals surface area contributed by atoms with E-state index in [0.717, 1.165) is 0 Å². The lowest BCUT2D eigenvalue weighted by molar-refractivity contribution is -0.144. The van der Waals surface area contributed by atoms with Crippen LogP contribution >= 0.6 is 15.9 Å². The maximum absolute atomic E-state index is 11.9. The molecule has 1 atom stereocenters. The Kier molecular flexibility index (Phi) is 4.84. The predicted molar refractivity (Wildman–Crippen MR) is 70.4 cm³/mol. The normalized spacial score (nSPS) is 13.7. The van der Waals surface area contributed by atoms with Gasteiger partial charge in [0.25, 0.3) is 5.91 Å². The maximum Gasteiger partial charge on any atom is 0.329 e. The highest BCUT2D eigenvalue weighted by Crippen LogP contribution is 2.14. The zero-order valence-corrected chi connectivity index (χ0v) is 11.8.